The first-order valence-electron chi connectivity index (χ1n) is 6.38. The van der Waals surface area contributed by atoms with Crippen molar-refractivity contribution in [3.05, 3.63) is 23.8 Å². The maximum atomic E-state index is 5.86. The van der Waals surface area contributed by atoms with Gasteiger partial charge in [0.2, 0.25) is 0 Å². The van der Waals surface area contributed by atoms with Crippen LogP contribution in [-0.4, -0.2) is 45.9 Å². The minimum Gasteiger partial charge on any atom is -0.398 e. The number of benzene rings is 1. The molecule has 5 heteroatoms. The molecule has 108 valence electrons. The third kappa shape index (κ3) is 6.82. The molecule has 0 unspecified atom stereocenters. The second kappa shape index (κ2) is 10.1. The molecule has 0 aliphatic rings. The van der Waals surface area contributed by atoms with E-state index in [1.165, 1.54) is 4.90 Å². The van der Waals surface area contributed by atoms with E-state index in [2.05, 4.69) is 6.07 Å². The predicted molar refractivity (Wildman–Crippen MR) is 79.8 cm³/mol. The monoisotopic (exact) mass is 285 g/mol. The number of methoxy groups -OCH3 is 1. The molecule has 19 heavy (non-hydrogen) atoms. The van der Waals surface area contributed by atoms with Crippen LogP contribution in [-0.2, 0) is 14.2 Å². The molecule has 2 N–H and O–H groups in total. The van der Waals surface area contributed by atoms with E-state index in [0.29, 0.717) is 33.0 Å². The molecule has 0 fully saturated rings. The summed E-state index contributed by atoms with van der Waals surface area (Å²) in [6.07, 6.45) is 0. The van der Waals surface area contributed by atoms with Gasteiger partial charge in [-0.1, -0.05) is 6.07 Å². The lowest BCUT2D eigenvalue weighted by molar-refractivity contribution is 0.0286. The molecule has 4 nitrogen and oxygen atoms in total. The smallest absolute Gasteiger partial charge is 0.0701 e. The second-order valence-electron chi connectivity index (χ2n) is 4.04. The van der Waals surface area contributed by atoms with Crippen LogP contribution in [0.1, 0.15) is 5.56 Å². The van der Waals surface area contributed by atoms with E-state index in [1.807, 2.05) is 19.1 Å². The quantitative estimate of drug-likeness (QED) is 0.406. The van der Waals surface area contributed by atoms with Crippen LogP contribution in [0.5, 0.6) is 0 Å². The zero-order valence-corrected chi connectivity index (χ0v) is 12.5. The fourth-order valence-electron chi connectivity index (χ4n) is 1.46. The van der Waals surface area contributed by atoms with Gasteiger partial charge in [-0.15, -0.1) is 11.8 Å². The average Bonchev–Trinajstić information content (AvgIpc) is 2.41. The highest BCUT2D eigenvalue weighted by molar-refractivity contribution is 7.99. The van der Waals surface area contributed by atoms with Crippen molar-refractivity contribution >= 4 is 17.4 Å². The molecular formula is C14H23NO3S. The Morgan fingerprint density at radius 1 is 1.05 bits per heavy atom. The third-order valence-electron chi connectivity index (χ3n) is 2.62. The minimum atomic E-state index is 0.616. The average molecular weight is 285 g/mol. The van der Waals surface area contributed by atoms with Crippen LogP contribution in [0.4, 0.5) is 5.69 Å². The highest BCUT2D eigenvalue weighted by Crippen LogP contribution is 2.25. The van der Waals surface area contributed by atoms with Crippen molar-refractivity contribution in [3.63, 3.8) is 0 Å². The Bertz CT molecular complexity index is 361. The molecule has 0 radical (unpaired) electrons. The number of nitrogen functional groups attached to an aromatic ring is 1. The molecule has 0 aromatic heterocycles. The Morgan fingerprint density at radius 2 is 1.74 bits per heavy atom. The number of anilines is 1. The first-order valence-corrected chi connectivity index (χ1v) is 7.36. The van der Waals surface area contributed by atoms with Gasteiger partial charge in [0, 0.05) is 23.4 Å². The van der Waals surface area contributed by atoms with E-state index < -0.39 is 0 Å². The summed E-state index contributed by atoms with van der Waals surface area (Å²) in [7, 11) is 1.66. The van der Waals surface area contributed by atoms with Crippen LogP contribution in [0.25, 0.3) is 0 Å². The van der Waals surface area contributed by atoms with Crippen LogP contribution in [0.15, 0.2) is 23.1 Å². The Kier molecular flexibility index (Phi) is 8.66. The molecule has 1 aromatic rings. The van der Waals surface area contributed by atoms with Gasteiger partial charge in [0.15, 0.2) is 0 Å². The van der Waals surface area contributed by atoms with Crippen LogP contribution in [0.2, 0.25) is 0 Å². The SMILES string of the molecule is COCCOCCOCCSc1cccc(N)c1C. The Balaban J connectivity index is 2.03. The second-order valence-corrected chi connectivity index (χ2v) is 5.17. The van der Waals surface area contributed by atoms with Gasteiger partial charge in [-0.3, -0.25) is 0 Å². The van der Waals surface area contributed by atoms with Crippen LogP contribution >= 0.6 is 11.8 Å². The standard InChI is InChI=1S/C14H23NO3S/c1-12-13(15)4-3-5-14(12)19-11-10-18-9-8-17-7-6-16-2/h3-5H,6-11,15H2,1-2H3. The maximum absolute atomic E-state index is 5.86. The lowest BCUT2D eigenvalue weighted by atomic mass is 10.2. The van der Waals surface area contributed by atoms with E-state index in [9.17, 15) is 0 Å². The minimum absolute atomic E-state index is 0.616. The molecule has 1 rings (SSSR count). The van der Waals surface area contributed by atoms with Gasteiger partial charge in [-0.25, -0.2) is 0 Å². The number of thioether (sulfide) groups is 1. The van der Waals surface area contributed by atoms with Gasteiger partial charge < -0.3 is 19.9 Å². The lowest BCUT2D eigenvalue weighted by Crippen LogP contribution is -2.09. The normalized spacial score (nSPS) is 10.8. The highest BCUT2D eigenvalue weighted by Gasteiger charge is 2.01. The highest BCUT2D eigenvalue weighted by atomic mass is 32.2. The van der Waals surface area contributed by atoms with Crippen molar-refractivity contribution in [2.45, 2.75) is 11.8 Å². The van der Waals surface area contributed by atoms with E-state index in [0.717, 1.165) is 17.0 Å². The molecule has 0 atom stereocenters. The molecule has 0 spiro atoms. The van der Waals surface area contributed by atoms with Gasteiger partial charge in [-0.05, 0) is 24.6 Å². The number of ether oxygens (including phenoxy) is 3. The number of hydrogen-bond acceptors (Lipinski definition) is 5. The third-order valence-corrected chi connectivity index (χ3v) is 3.74. The lowest BCUT2D eigenvalue weighted by Gasteiger charge is -2.08. The van der Waals surface area contributed by atoms with Crippen molar-refractivity contribution < 1.29 is 14.2 Å². The van der Waals surface area contributed by atoms with Gasteiger partial charge in [-0.2, -0.15) is 0 Å². The molecule has 0 amide bonds. The van der Waals surface area contributed by atoms with Crippen molar-refractivity contribution in [2.75, 3.05) is 51.6 Å². The molecular weight excluding hydrogens is 262 g/mol. The zero-order chi connectivity index (χ0) is 13.9. The largest absolute Gasteiger partial charge is 0.398 e. The van der Waals surface area contributed by atoms with E-state index in [-0.39, 0.29) is 0 Å². The van der Waals surface area contributed by atoms with Crippen LogP contribution in [0, 0.1) is 6.92 Å². The molecule has 0 saturated heterocycles. The fraction of sp³-hybridized carbons (Fsp3) is 0.571. The van der Waals surface area contributed by atoms with E-state index in [4.69, 9.17) is 19.9 Å². The van der Waals surface area contributed by atoms with Crippen molar-refractivity contribution in [3.8, 4) is 0 Å². The summed E-state index contributed by atoms with van der Waals surface area (Å²) < 4.78 is 15.7. The summed E-state index contributed by atoms with van der Waals surface area (Å²) in [6.45, 7) is 5.25. The van der Waals surface area contributed by atoms with Gasteiger partial charge in [0.1, 0.15) is 0 Å². The molecule has 0 bridgehead atoms. The predicted octanol–water partition coefficient (Wildman–Crippen LogP) is 2.35. The van der Waals surface area contributed by atoms with Crippen molar-refractivity contribution in [1.29, 1.82) is 0 Å². The fourth-order valence-corrected chi connectivity index (χ4v) is 2.39. The molecule has 0 heterocycles. The van der Waals surface area contributed by atoms with E-state index in [1.54, 1.807) is 18.9 Å². The van der Waals surface area contributed by atoms with Crippen molar-refractivity contribution in [2.24, 2.45) is 0 Å². The van der Waals surface area contributed by atoms with Gasteiger partial charge in [0.25, 0.3) is 0 Å². The zero-order valence-electron chi connectivity index (χ0n) is 11.7. The van der Waals surface area contributed by atoms with E-state index >= 15 is 0 Å². The molecule has 0 aliphatic carbocycles. The summed E-state index contributed by atoms with van der Waals surface area (Å²) in [5.74, 6) is 0.919. The molecule has 0 aliphatic heterocycles. The summed E-state index contributed by atoms with van der Waals surface area (Å²) in [5, 5.41) is 0. The first-order chi connectivity index (χ1) is 9.25. The Labute approximate surface area is 119 Å². The summed E-state index contributed by atoms with van der Waals surface area (Å²) in [5.41, 5.74) is 7.85. The summed E-state index contributed by atoms with van der Waals surface area (Å²) >= 11 is 1.77. The van der Waals surface area contributed by atoms with Gasteiger partial charge in [0.05, 0.1) is 33.0 Å². The Morgan fingerprint density at radius 3 is 2.47 bits per heavy atom. The number of hydrogen-bond donors (Lipinski definition) is 1. The molecule has 0 saturated carbocycles. The van der Waals surface area contributed by atoms with Gasteiger partial charge >= 0.3 is 0 Å². The topological polar surface area (TPSA) is 53.7 Å². The summed E-state index contributed by atoms with van der Waals surface area (Å²) in [6, 6.07) is 5.99. The first kappa shape index (κ1) is 16.3. The van der Waals surface area contributed by atoms with Crippen LogP contribution < -0.4 is 5.73 Å². The number of nitrogens with two attached hydrogens (primary N) is 1. The van der Waals surface area contributed by atoms with Crippen LogP contribution in [0.3, 0.4) is 0 Å². The molecule has 1 aromatic carbocycles. The van der Waals surface area contributed by atoms with Crippen molar-refractivity contribution in [1.82, 2.24) is 0 Å². The maximum Gasteiger partial charge on any atom is 0.0701 e. The number of rotatable bonds is 10. The summed E-state index contributed by atoms with van der Waals surface area (Å²) in [4.78, 5) is 1.22. The Hall–Kier alpha value is -0.750.